The number of phenols is 1. The van der Waals surface area contributed by atoms with E-state index < -0.39 is 0 Å². The van der Waals surface area contributed by atoms with Gasteiger partial charge in [-0.15, -0.1) is 0 Å². The molecule has 1 rings (SSSR count). The van der Waals surface area contributed by atoms with Gasteiger partial charge >= 0.3 is 0 Å². The molecule has 86 valence electrons. The lowest BCUT2D eigenvalue weighted by molar-refractivity contribution is -0.128. The van der Waals surface area contributed by atoms with Gasteiger partial charge in [-0.2, -0.15) is 0 Å². The maximum absolute atomic E-state index is 11.2. The van der Waals surface area contributed by atoms with E-state index in [-0.39, 0.29) is 23.0 Å². The van der Waals surface area contributed by atoms with Crippen LogP contribution >= 0.6 is 0 Å². The van der Waals surface area contributed by atoms with Crippen molar-refractivity contribution in [1.29, 1.82) is 0 Å². The van der Waals surface area contributed by atoms with Gasteiger partial charge in [0.15, 0.2) is 5.78 Å². The van der Waals surface area contributed by atoms with Gasteiger partial charge in [0.1, 0.15) is 5.75 Å². The Kier molecular flexibility index (Phi) is 3.66. The van der Waals surface area contributed by atoms with E-state index in [0.29, 0.717) is 6.54 Å². The molecule has 4 heteroatoms. The van der Waals surface area contributed by atoms with Crippen molar-refractivity contribution in [2.45, 2.75) is 20.4 Å². The Morgan fingerprint density at radius 2 is 1.94 bits per heavy atom. The number of hydrogen-bond donors (Lipinski definition) is 1. The fourth-order valence-corrected chi connectivity index (χ4v) is 1.35. The number of benzene rings is 1. The molecular formula is C12H15NO3. The number of rotatable bonds is 3. The Labute approximate surface area is 94.5 Å². The van der Waals surface area contributed by atoms with Crippen LogP contribution in [0, 0.1) is 0 Å². The van der Waals surface area contributed by atoms with Gasteiger partial charge in [-0.3, -0.25) is 9.59 Å². The van der Waals surface area contributed by atoms with Crippen molar-refractivity contribution in [3.8, 4) is 5.75 Å². The van der Waals surface area contributed by atoms with Crippen LogP contribution in [-0.4, -0.2) is 28.7 Å². The summed E-state index contributed by atoms with van der Waals surface area (Å²) in [6, 6.07) is 4.78. The topological polar surface area (TPSA) is 57.6 Å². The van der Waals surface area contributed by atoms with Crippen LogP contribution in [0.25, 0.3) is 0 Å². The number of amides is 1. The number of aromatic hydroxyl groups is 1. The second-order valence-electron chi connectivity index (χ2n) is 3.78. The monoisotopic (exact) mass is 221 g/mol. The Bertz CT molecular complexity index is 426. The minimum Gasteiger partial charge on any atom is -0.507 e. The van der Waals surface area contributed by atoms with E-state index in [0.717, 1.165) is 5.56 Å². The van der Waals surface area contributed by atoms with Crippen LogP contribution in [0.1, 0.15) is 29.8 Å². The predicted octanol–water partition coefficient (Wildman–Crippen LogP) is 1.57. The van der Waals surface area contributed by atoms with Gasteiger partial charge in [0, 0.05) is 20.5 Å². The number of Topliss-reactive ketones (excluding diaryl/α,β-unsaturated/α-hetero) is 1. The predicted molar refractivity (Wildman–Crippen MR) is 60.3 cm³/mol. The molecule has 0 aromatic heterocycles. The molecule has 0 heterocycles. The summed E-state index contributed by atoms with van der Waals surface area (Å²) in [5.74, 6) is -0.260. The summed E-state index contributed by atoms with van der Waals surface area (Å²) in [5, 5.41) is 9.45. The summed E-state index contributed by atoms with van der Waals surface area (Å²) in [7, 11) is 1.68. The average molecular weight is 221 g/mol. The molecule has 0 bridgehead atoms. The van der Waals surface area contributed by atoms with E-state index in [4.69, 9.17) is 0 Å². The van der Waals surface area contributed by atoms with Crippen molar-refractivity contribution in [1.82, 2.24) is 4.90 Å². The molecule has 0 saturated heterocycles. The third kappa shape index (κ3) is 2.82. The molecule has 0 aliphatic heterocycles. The van der Waals surface area contributed by atoms with Crippen LogP contribution in [-0.2, 0) is 11.3 Å². The van der Waals surface area contributed by atoms with Crippen LogP contribution in [0.5, 0.6) is 5.75 Å². The summed E-state index contributed by atoms with van der Waals surface area (Å²) in [4.78, 5) is 23.8. The second kappa shape index (κ2) is 4.79. The minimum atomic E-state index is -0.190. The number of nitrogens with zero attached hydrogens (tertiary/aromatic N) is 1. The quantitative estimate of drug-likeness (QED) is 0.788. The lowest BCUT2D eigenvalue weighted by atomic mass is 10.1. The van der Waals surface area contributed by atoms with Crippen molar-refractivity contribution in [3.63, 3.8) is 0 Å². The Morgan fingerprint density at radius 3 is 2.44 bits per heavy atom. The molecule has 1 aromatic carbocycles. The first kappa shape index (κ1) is 12.2. The lowest BCUT2D eigenvalue weighted by Crippen LogP contribution is -2.23. The van der Waals surface area contributed by atoms with Gasteiger partial charge < -0.3 is 10.0 Å². The SMILES string of the molecule is CC(=O)c1cc(CN(C)C(C)=O)ccc1O. The average Bonchev–Trinajstić information content (AvgIpc) is 2.20. The molecule has 1 N–H and O–H groups in total. The standard InChI is InChI=1S/C12H15NO3/c1-8(14)11-6-10(4-5-12(11)16)7-13(3)9(2)15/h4-6,16H,7H2,1-3H3. The first-order valence-corrected chi connectivity index (χ1v) is 4.96. The second-order valence-corrected chi connectivity index (χ2v) is 3.78. The third-order valence-corrected chi connectivity index (χ3v) is 2.40. The summed E-state index contributed by atoms with van der Waals surface area (Å²) in [6.45, 7) is 3.30. The number of ketones is 1. The molecule has 1 amide bonds. The lowest BCUT2D eigenvalue weighted by Gasteiger charge is -2.15. The zero-order valence-electron chi connectivity index (χ0n) is 9.65. The highest BCUT2D eigenvalue weighted by Crippen LogP contribution is 2.19. The van der Waals surface area contributed by atoms with Crippen LogP contribution < -0.4 is 0 Å². The largest absolute Gasteiger partial charge is 0.507 e. The maximum Gasteiger partial charge on any atom is 0.219 e. The van der Waals surface area contributed by atoms with Gasteiger partial charge in [0.05, 0.1) is 5.56 Å². The van der Waals surface area contributed by atoms with Gasteiger partial charge in [-0.25, -0.2) is 0 Å². The third-order valence-electron chi connectivity index (χ3n) is 2.40. The van der Waals surface area contributed by atoms with E-state index in [1.807, 2.05) is 0 Å². The zero-order valence-corrected chi connectivity index (χ0v) is 9.65. The molecule has 16 heavy (non-hydrogen) atoms. The van der Waals surface area contributed by atoms with Gasteiger partial charge in [0.2, 0.25) is 5.91 Å². The molecule has 0 saturated carbocycles. The van der Waals surface area contributed by atoms with Gasteiger partial charge in [-0.1, -0.05) is 6.07 Å². The van der Waals surface area contributed by atoms with Crippen LogP contribution in [0.3, 0.4) is 0 Å². The molecule has 0 aliphatic rings. The Morgan fingerprint density at radius 1 is 1.31 bits per heavy atom. The van der Waals surface area contributed by atoms with Crippen molar-refractivity contribution in [3.05, 3.63) is 29.3 Å². The first-order chi connectivity index (χ1) is 7.41. The molecule has 0 radical (unpaired) electrons. The van der Waals surface area contributed by atoms with Gasteiger partial charge in [0.25, 0.3) is 0 Å². The molecule has 1 aromatic rings. The Balaban J connectivity index is 2.95. The zero-order chi connectivity index (χ0) is 12.3. The van der Waals surface area contributed by atoms with E-state index in [1.54, 1.807) is 19.2 Å². The minimum absolute atomic E-state index is 0.0262. The fourth-order valence-electron chi connectivity index (χ4n) is 1.35. The highest BCUT2D eigenvalue weighted by molar-refractivity contribution is 5.96. The molecule has 0 atom stereocenters. The van der Waals surface area contributed by atoms with E-state index >= 15 is 0 Å². The van der Waals surface area contributed by atoms with E-state index in [1.165, 1.54) is 24.8 Å². The molecule has 0 spiro atoms. The van der Waals surface area contributed by atoms with E-state index in [9.17, 15) is 14.7 Å². The van der Waals surface area contributed by atoms with Crippen LogP contribution in [0.4, 0.5) is 0 Å². The van der Waals surface area contributed by atoms with E-state index in [2.05, 4.69) is 0 Å². The highest BCUT2D eigenvalue weighted by atomic mass is 16.3. The molecule has 0 unspecified atom stereocenters. The summed E-state index contributed by atoms with van der Waals surface area (Å²) >= 11 is 0. The first-order valence-electron chi connectivity index (χ1n) is 4.96. The summed E-state index contributed by atoms with van der Waals surface area (Å²) < 4.78 is 0. The van der Waals surface area contributed by atoms with Gasteiger partial charge in [-0.05, 0) is 24.6 Å². The molecular weight excluding hydrogens is 206 g/mol. The molecule has 0 fully saturated rings. The van der Waals surface area contributed by atoms with Crippen LogP contribution in [0.2, 0.25) is 0 Å². The van der Waals surface area contributed by atoms with Crippen molar-refractivity contribution in [2.24, 2.45) is 0 Å². The summed E-state index contributed by atoms with van der Waals surface area (Å²) in [6.07, 6.45) is 0. The highest BCUT2D eigenvalue weighted by Gasteiger charge is 2.09. The normalized spacial score (nSPS) is 9.94. The maximum atomic E-state index is 11.2. The van der Waals surface area contributed by atoms with Crippen molar-refractivity contribution in [2.75, 3.05) is 7.05 Å². The smallest absolute Gasteiger partial charge is 0.219 e. The number of carbonyl (C=O) groups is 2. The fraction of sp³-hybridized carbons (Fsp3) is 0.333. The molecule has 0 aliphatic carbocycles. The molecule has 4 nitrogen and oxygen atoms in total. The summed E-state index contributed by atoms with van der Waals surface area (Å²) in [5.41, 5.74) is 1.11. The number of carbonyl (C=O) groups excluding carboxylic acids is 2. The van der Waals surface area contributed by atoms with Crippen molar-refractivity contribution < 1.29 is 14.7 Å². The number of phenolic OH excluding ortho intramolecular Hbond substituents is 1. The number of hydrogen-bond acceptors (Lipinski definition) is 3. The Hall–Kier alpha value is -1.84. The van der Waals surface area contributed by atoms with Crippen LogP contribution in [0.15, 0.2) is 18.2 Å². The van der Waals surface area contributed by atoms with Crippen molar-refractivity contribution >= 4 is 11.7 Å².